The van der Waals surface area contributed by atoms with E-state index < -0.39 is 11.8 Å². The number of unbranched alkanes of at least 4 members (excludes halogenated alkanes) is 2. The summed E-state index contributed by atoms with van der Waals surface area (Å²) in [5.41, 5.74) is 1.49. The third-order valence-corrected chi connectivity index (χ3v) is 4.75. The highest BCUT2D eigenvalue weighted by Gasteiger charge is 2.36. The normalized spacial score (nSPS) is 24.2. The van der Waals surface area contributed by atoms with E-state index in [1.165, 1.54) is 31.9 Å². The first kappa shape index (κ1) is 17.8. The minimum atomic E-state index is -0.808. The van der Waals surface area contributed by atoms with Crippen molar-refractivity contribution in [3.8, 4) is 0 Å². The number of ether oxygens (including phenoxy) is 2. The van der Waals surface area contributed by atoms with E-state index in [1.54, 1.807) is 0 Å². The van der Waals surface area contributed by atoms with Gasteiger partial charge in [0.25, 0.3) is 0 Å². The smallest absolute Gasteiger partial charge is 0.438 e. The van der Waals surface area contributed by atoms with Crippen LogP contribution in [0.2, 0.25) is 0 Å². The van der Waals surface area contributed by atoms with E-state index in [0.29, 0.717) is 25.7 Å². The molecule has 0 saturated heterocycles. The van der Waals surface area contributed by atoms with Gasteiger partial charge in [-0.15, -0.1) is 0 Å². The van der Waals surface area contributed by atoms with Crippen molar-refractivity contribution in [3.05, 3.63) is 35.4 Å². The van der Waals surface area contributed by atoms with Gasteiger partial charge in [0, 0.05) is 0 Å². The fourth-order valence-electron chi connectivity index (χ4n) is 3.22. The topological polar surface area (TPSA) is 55.8 Å². The lowest BCUT2D eigenvalue weighted by Crippen LogP contribution is -2.35. The number of rotatable bonds is 6. The first-order valence-electron chi connectivity index (χ1n) is 8.64. The van der Waals surface area contributed by atoms with Crippen LogP contribution in [0, 0.1) is 0 Å². The van der Waals surface area contributed by atoms with Crippen LogP contribution in [0.1, 0.15) is 63.0 Å². The second-order valence-electron chi connectivity index (χ2n) is 6.46. The van der Waals surface area contributed by atoms with Crippen molar-refractivity contribution >= 4 is 6.16 Å². The molecule has 2 rings (SSSR count). The number of aryl methyl sites for hydroxylation is 1. The Morgan fingerprint density at radius 3 is 2.43 bits per heavy atom. The van der Waals surface area contributed by atoms with Crippen LogP contribution >= 0.6 is 0 Å². The molecule has 0 amide bonds. The zero-order valence-corrected chi connectivity index (χ0v) is 14.2. The third kappa shape index (κ3) is 4.96. The SMILES string of the molecule is CCCCCc1ccc(C2(O)CCC(OC(=O)OC)CC2)cc1. The average Bonchev–Trinajstić information content (AvgIpc) is 2.58. The van der Waals surface area contributed by atoms with Crippen molar-refractivity contribution in [2.45, 2.75) is 70.0 Å². The third-order valence-electron chi connectivity index (χ3n) is 4.75. The summed E-state index contributed by atoms with van der Waals surface area (Å²) in [5, 5.41) is 10.9. The molecular formula is C19H28O4. The maximum atomic E-state index is 11.1. The Morgan fingerprint density at radius 2 is 1.87 bits per heavy atom. The fourth-order valence-corrected chi connectivity index (χ4v) is 3.22. The highest BCUT2D eigenvalue weighted by molar-refractivity contribution is 5.59. The molecule has 1 N–H and O–H groups in total. The summed E-state index contributed by atoms with van der Waals surface area (Å²) in [4.78, 5) is 11.1. The van der Waals surface area contributed by atoms with Gasteiger partial charge in [0.1, 0.15) is 6.10 Å². The van der Waals surface area contributed by atoms with Gasteiger partial charge < -0.3 is 14.6 Å². The second kappa shape index (κ2) is 8.34. The largest absolute Gasteiger partial charge is 0.508 e. The fraction of sp³-hybridized carbons (Fsp3) is 0.632. The number of carbonyl (C=O) groups excluding carboxylic acids is 1. The number of carbonyl (C=O) groups is 1. The van der Waals surface area contributed by atoms with Gasteiger partial charge in [0.05, 0.1) is 12.7 Å². The maximum Gasteiger partial charge on any atom is 0.508 e. The molecule has 0 heterocycles. The minimum Gasteiger partial charge on any atom is -0.438 e. The molecule has 4 nitrogen and oxygen atoms in total. The molecule has 128 valence electrons. The van der Waals surface area contributed by atoms with E-state index in [-0.39, 0.29) is 6.10 Å². The van der Waals surface area contributed by atoms with Crippen molar-refractivity contribution in [2.24, 2.45) is 0 Å². The van der Waals surface area contributed by atoms with Crippen LogP contribution in [-0.2, 0) is 21.5 Å². The number of hydrogen-bond acceptors (Lipinski definition) is 4. The average molecular weight is 320 g/mol. The van der Waals surface area contributed by atoms with E-state index >= 15 is 0 Å². The van der Waals surface area contributed by atoms with Gasteiger partial charge in [-0.2, -0.15) is 0 Å². The molecule has 0 bridgehead atoms. The summed E-state index contributed by atoms with van der Waals surface area (Å²) in [7, 11) is 1.31. The molecule has 1 aliphatic rings. The van der Waals surface area contributed by atoms with Crippen molar-refractivity contribution in [1.29, 1.82) is 0 Å². The lowest BCUT2D eigenvalue weighted by Gasteiger charge is -2.36. The van der Waals surface area contributed by atoms with Gasteiger partial charge in [-0.1, -0.05) is 44.0 Å². The predicted octanol–water partition coefficient (Wildman–Crippen LogP) is 4.33. The van der Waals surface area contributed by atoms with Gasteiger partial charge in [-0.3, -0.25) is 0 Å². The number of hydrogen-bond donors (Lipinski definition) is 1. The maximum absolute atomic E-state index is 11.1. The minimum absolute atomic E-state index is 0.156. The first-order chi connectivity index (χ1) is 11.1. The molecule has 1 fully saturated rings. The summed E-state index contributed by atoms with van der Waals surface area (Å²) in [5.74, 6) is 0. The zero-order chi connectivity index (χ0) is 16.7. The molecule has 4 heteroatoms. The number of aliphatic hydroxyl groups is 1. The monoisotopic (exact) mass is 320 g/mol. The highest BCUT2D eigenvalue weighted by Crippen LogP contribution is 2.38. The molecule has 0 aliphatic heterocycles. The molecular weight excluding hydrogens is 292 g/mol. The van der Waals surface area contributed by atoms with Crippen LogP contribution in [-0.4, -0.2) is 24.5 Å². The molecule has 1 saturated carbocycles. The molecule has 0 radical (unpaired) electrons. The van der Waals surface area contributed by atoms with Crippen LogP contribution in [0.15, 0.2) is 24.3 Å². The molecule has 0 spiro atoms. The quantitative estimate of drug-likeness (QED) is 0.626. The summed E-state index contributed by atoms with van der Waals surface area (Å²) in [6.07, 6.45) is 6.52. The summed E-state index contributed by atoms with van der Waals surface area (Å²) < 4.78 is 9.69. The van der Waals surface area contributed by atoms with Crippen LogP contribution in [0.25, 0.3) is 0 Å². The van der Waals surface area contributed by atoms with Crippen molar-refractivity contribution < 1.29 is 19.4 Å². The Balaban J connectivity index is 1.90. The van der Waals surface area contributed by atoms with Crippen LogP contribution in [0.3, 0.4) is 0 Å². The summed E-state index contributed by atoms with van der Waals surface area (Å²) in [6.45, 7) is 2.21. The summed E-state index contributed by atoms with van der Waals surface area (Å²) >= 11 is 0. The first-order valence-corrected chi connectivity index (χ1v) is 8.64. The van der Waals surface area contributed by atoms with Crippen molar-refractivity contribution in [3.63, 3.8) is 0 Å². The Hall–Kier alpha value is -1.55. The Labute approximate surface area is 138 Å². The standard InChI is InChI=1S/C19H28O4/c1-3-4-5-6-15-7-9-16(10-8-15)19(21)13-11-17(12-14-19)23-18(20)22-2/h7-10,17,21H,3-6,11-14H2,1-2H3. The van der Waals surface area contributed by atoms with E-state index in [9.17, 15) is 9.90 Å². The van der Waals surface area contributed by atoms with Gasteiger partial charge in [0.2, 0.25) is 0 Å². The molecule has 1 aromatic carbocycles. The summed E-state index contributed by atoms with van der Waals surface area (Å²) in [6, 6.07) is 8.34. The Morgan fingerprint density at radius 1 is 1.22 bits per heavy atom. The van der Waals surface area contributed by atoms with Gasteiger partial charge >= 0.3 is 6.16 Å². The van der Waals surface area contributed by atoms with E-state index in [4.69, 9.17) is 4.74 Å². The van der Waals surface area contributed by atoms with Gasteiger partial charge in [-0.25, -0.2) is 4.79 Å². The number of benzene rings is 1. The lowest BCUT2D eigenvalue weighted by atomic mass is 9.78. The van der Waals surface area contributed by atoms with E-state index in [1.807, 2.05) is 12.1 Å². The molecule has 0 aromatic heterocycles. The molecule has 1 aromatic rings. The Bertz CT molecular complexity index is 487. The number of methoxy groups -OCH3 is 1. The Kier molecular flexibility index (Phi) is 6.46. The molecule has 23 heavy (non-hydrogen) atoms. The van der Waals surface area contributed by atoms with Crippen LogP contribution in [0.5, 0.6) is 0 Å². The second-order valence-corrected chi connectivity index (χ2v) is 6.46. The van der Waals surface area contributed by atoms with E-state index in [2.05, 4.69) is 23.8 Å². The van der Waals surface area contributed by atoms with E-state index in [0.717, 1.165) is 12.0 Å². The van der Waals surface area contributed by atoms with Gasteiger partial charge in [-0.05, 0) is 49.7 Å². The highest BCUT2D eigenvalue weighted by atomic mass is 16.7. The lowest BCUT2D eigenvalue weighted by molar-refractivity contribution is -0.0508. The molecule has 1 aliphatic carbocycles. The molecule has 0 unspecified atom stereocenters. The van der Waals surface area contributed by atoms with Crippen molar-refractivity contribution in [1.82, 2.24) is 0 Å². The van der Waals surface area contributed by atoms with Crippen molar-refractivity contribution in [2.75, 3.05) is 7.11 Å². The van der Waals surface area contributed by atoms with Crippen LogP contribution in [0.4, 0.5) is 4.79 Å². The molecule has 0 atom stereocenters. The predicted molar refractivity (Wildman–Crippen MR) is 89.3 cm³/mol. The zero-order valence-electron chi connectivity index (χ0n) is 14.2. The van der Waals surface area contributed by atoms with Crippen LogP contribution < -0.4 is 0 Å². The van der Waals surface area contributed by atoms with Gasteiger partial charge in [0.15, 0.2) is 0 Å².